The Morgan fingerprint density at radius 2 is 1.67 bits per heavy atom. The van der Waals surface area contributed by atoms with E-state index >= 15 is 0 Å². The van der Waals surface area contributed by atoms with Crippen LogP contribution >= 0.6 is 27.5 Å². The fourth-order valence-corrected chi connectivity index (χ4v) is 5.80. The van der Waals surface area contributed by atoms with Crippen LogP contribution in [0, 0.1) is 6.92 Å². The molecule has 2 amide bonds. The van der Waals surface area contributed by atoms with Gasteiger partial charge in [0.15, 0.2) is 0 Å². The summed E-state index contributed by atoms with van der Waals surface area (Å²) in [5, 5.41) is 11.2. The molecule has 256 valence electrons. The third-order valence-corrected chi connectivity index (χ3v) is 8.92. The average Bonchev–Trinajstić information content (AvgIpc) is 3.51. The largest absolute Gasteiger partial charge is 0.497 e. The van der Waals surface area contributed by atoms with Gasteiger partial charge in [-0.1, -0.05) is 62.7 Å². The van der Waals surface area contributed by atoms with Gasteiger partial charge in [0.1, 0.15) is 34.1 Å². The highest BCUT2D eigenvalue weighted by molar-refractivity contribution is 9.10. The molecule has 2 aromatic heterocycles. The van der Waals surface area contributed by atoms with Gasteiger partial charge in [-0.15, -0.1) is 0 Å². The molecule has 0 bridgehead atoms. The number of urea groups is 1. The molecule has 0 radical (unpaired) electrons. The third-order valence-electron chi connectivity index (χ3n) is 7.95. The molecule has 0 atom stereocenters. The molecule has 2 N–H and O–H groups in total. The molecule has 2 heterocycles. The second-order valence-corrected chi connectivity index (χ2v) is 13.7. The number of hydrogen-bond donors (Lipinski definition) is 2. The second kappa shape index (κ2) is 15.2. The first-order valence-electron chi connectivity index (χ1n) is 15.6. The van der Waals surface area contributed by atoms with E-state index in [2.05, 4.69) is 47.3 Å². The Balaban J connectivity index is 1.28. The summed E-state index contributed by atoms with van der Waals surface area (Å²) in [7, 11) is 3.18. The molecule has 0 unspecified atom stereocenters. The van der Waals surface area contributed by atoms with E-state index in [1.54, 1.807) is 41.7 Å². The summed E-state index contributed by atoms with van der Waals surface area (Å²) < 4.78 is 20.6. The number of ether oxygens (including phenoxy) is 3. The molecule has 3 aromatic carbocycles. The maximum absolute atomic E-state index is 13.4. The zero-order valence-electron chi connectivity index (χ0n) is 28.3. The molecule has 0 saturated heterocycles. The fourth-order valence-electron chi connectivity index (χ4n) is 5.17. The van der Waals surface area contributed by atoms with Gasteiger partial charge in [-0.2, -0.15) is 5.10 Å². The summed E-state index contributed by atoms with van der Waals surface area (Å²) in [6.45, 7) is 8.78. The molecule has 0 spiro atoms. The number of nitrogens with zero attached hydrogens (tertiary/aromatic N) is 3. The lowest BCUT2D eigenvalue weighted by Crippen LogP contribution is -2.29. The quantitative estimate of drug-likeness (QED) is 0.142. The van der Waals surface area contributed by atoms with Crippen molar-refractivity contribution in [2.75, 3.05) is 19.5 Å². The maximum atomic E-state index is 13.4. The van der Waals surface area contributed by atoms with E-state index in [0.29, 0.717) is 39.1 Å². The van der Waals surface area contributed by atoms with Gasteiger partial charge in [-0.25, -0.2) is 9.48 Å². The zero-order valence-corrected chi connectivity index (χ0v) is 30.6. The van der Waals surface area contributed by atoms with Crippen LogP contribution in [0.15, 0.2) is 88.1 Å². The standard InChI is InChI=1S/C37H39BrClN5O5/c1-23-16-31(34(38)35(45)43(23)21-25-14-15-29(47-5)18-30(25)48-6)49-22-26-11-8-7-10-24(26)20-40-36(46)41-33-19-32(37(2,3)4)42-44(33)28-13-9-12-27(39)17-28/h7-19H,20-22H2,1-6H3,(H2,40,41,46). The molecule has 0 aliphatic rings. The van der Waals surface area contributed by atoms with Gasteiger partial charge in [-0.3, -0.25) is 10.1 Å². The van der Waals surface area contributed by atoms with Crippen LogP contribution in [-0.2, 0) is 25.1 Å². The van der Waals surface area contributed by atoms with E-state index < -0.39 is 6.03 Å². The van der Waals surface area contributed by atoms with Gasteiger partial charge >= 0.3 is 6.03 Å². The van der Waals surface area contributed by atoms with E-state index in [0.717, 1.165) is 33.8 Å². The van der Waals surface area contributed by atoms with Crippen LogP contribution in [0.5, 0.6) is 17.2 Å². The lowest BCUT2D eigenvalue weighted by Gasteiger charge is -2.17. The maximum Gasteiger partial charge on any atom is 0.320 e. The van der Waals surface area contributed by atoms with E-state index in [1.807, 2.05) is 67.6 Å². The van der Waals surface area contributed by atoms with Crippen LogP contribution in [-0.4, -0.2) is 34.6 Å². The minimum absolute atomic E-state index is 0.184. The van der Waals surface area contributed by atoms with Crippen molar-refractivity contribution in [2.24, 2.45) is 0 Å². The molecule has 10 nitrogen and oxygen atoms in total. The zero-order chi connectivity index (χ0) is 35.3. The number of rotatable bonds is 11. The number of nitrogens with one attached hydrogen (secondary N) is 2. The summed E-state index contributed by atoms with van der Waals surface area (Å²) in [4.78, 5) is 26.6. The molecule has 0 saturated carbocycles. The van der Waals surface area contributed by atoms with Gasteiger partial charge in [0.25, 0.3) is 5.56 Å². The summed E-state index contributed by atoms with van der Waals surface area (Å²) in [6.07, 6.45) is 0. The number of pyridine rings is 1. The van der Waals surface area contributed by atoms with Crippen molar-refractivity contribution in [1.82, 2.24) is 19.7 Å². The number of aryl methyl sites for hydroxylation is 1. The van der Waals surface area contributed by atoms with Crippen LogP contribution in [0.1, 0.15) is 48.8 Å². The molecular formula is C37H39BrClN5O5. The Kier molecular flexibility index (Phi) is 11.0. The second-order valence-electron chi connectivity index (χ2n) is 12.5. The number of hydrogen-bond acceptors (Lipinski definition) is 6. The summed E-state index contributed by atoms with van der Waals surface area (Å²) in [5.74, 6) is 2.23. The first kappa shape index (κ1) is 35.6. The van der Waals surface area contributed by atoms with Crippen LogP contribution in [0.2, 0.25) is 5.02 Å². The first-order valence-corrected chi connectivity index (χ1v) is 16.8. The van der Waals surface area contributed by atoms with Crippen LogP contribution in [0.25, 0.3) is 5.69 Å². The van der Waals surface area contributed by atoms with Crippen molar-refractivity contribution in [2.45, 2.75) is 52.8 Å². The van der Waals surface area contributed by atoms with E-state index in [4.69, 9.17) is 30.9 Å². The Labute approximate surface area is 299 Å². The lowest BCUT2D eigenvalue weighted by molar-refractivity contribution is 0.251. The topological polar surface area (TPSA) is 109 Å². The summed E-state index contributed by atoms with van der Waals surface area (Å²) in [6, 6.07) is 23.7. The fraction of sp³-hybridized carbons (Fsp3) is 0.270. The molecular weight excluding hydrogens is 710 g/mol. The minimum Gasteiger partial charge on any atom is -0.497 e. The number of halogens is 2. The Bertz CT molecular complexity index is 2030. The molecule has 0 aliphatic heterocycles. The lowest BCUT2D eigenvalue weighted by atomic mass is 9.92. The van der Waals surface area contributed by atoms with Gasteiger partial charge < -0.3 is 24.1 Å². The van der Waals surface area contributed by atoms with Crippen molar-refractivity contribution >= 4 is 39.4 Å². The number of amides is 2. The highest BCUT2D eigenvalue weighted by Gasteiger charge is 2.22. The number of anilines is 1. The highest BCUT2D eigenvalue weighted by Crippen LogP contribution is 2.29. The Hall–Kier alpha value is -4.74. The normalized spacial score (nSPS) is 11.3. The van der Waals surface area contributed by atoms with Crippen molar-refractivity contribution in [1.29, 1.82) is 0 Å². The molecule has 0 fully saturated rings. The van der Waals surface area contributed by atoms with Gasteiger partial charge in [-0.05, 0) is 64.3 Å². The van der Waals surface area contributed by atoms with E-state index in [-0.39, 0.29) is 24.1 Å². The molecule has 0 aliphatic carbocycles. The number of benzene rings is 3. The number of carbonyl (C=O) groups excluding carboxylic acids is 1. The van der Waals surface area contributed by atoms with Crippen molar-refractivity contribution in [3.05, 3.63) is 127 Å². The third kappa shape index (κ3) is 8.47. The van der Waals surface area contributed by atoms with Crippen LogP contribution < -0.4 is 30.4 Å². The summed E-state index contributed by atoms with van der Waals surface area (Å²) in [5.41, 5.74) is 4.37. The predicted octanol–water partition coefficient (Wildman–Crippen LogP) is 8.02. The predicted molar refractivity (Wildman–Crippen MR) is 196 cm³/mol. The molecule has 5 rings (SSSR count). The van der Waals surface area contributed by atoms with Gasteiger partial charge in [0, 0.05) is 46.4 Å². The number of carbonyl (C=O) groups is 1. The first-order chi connectivity index (χ1) is 23.4. The highest BCUT2D eigenvalue weighted by atomic mass is 79.9. The average molecular weight is 749 g/mol. The van der Waals surface area contributed by atoms with Crippen molar-refractivity contribution in [3.63, 3.8) is 0 Å². The van der Waals surface area contributed by atoms with Crippen LogP contribution in [0.4, 0.5) is 10.6 Å². The molecule has 5 aromatic rings. The molecule has 12 heteroatoms. The number of aromatic nitrogens is 3. The van der Waals surface area contributed by atoms with Crippen molar-refractivity contribution in [3.8, 4) is 22.9 Å². The van der Waals surface area contributed by atoms with Crippen molar-refractivity contribution < 1.29 is 19.0 Å². The minimum atomic E-state index is -0.394. The SMILES string of the molecule is COc1ccc(Cn2c(C)cc(OCc3ccccc3CNC(=O)Nc3cc(C(C)(C)C)nn3-c3cccc(Cl)c3)c(Br)c2=O)c(OC)c1. The summed E-state index contributed by atoms with van der Waals surface area (Å²) >= 11 is 9.71. The Morgan fingerprint density at radius 3 is 2.37 bits per heavy atom. The number of methoxy groups -OCH3 is 2. The van der Waals surface area contributed by atoms with Gasteiger partial charge in [0.2, 0.25) is 0 Å². The monoisotopic (exact) mass is 747 g/mol. The smallest absolute Gasteiger partial charge is 0.320 e. The van der Waals surface area contributed by atoms with E-state index in [1.165, 1.54) is 0 Å². The Morgan fingerprint density at radius 1 is 0.918 bits per heavy atom. The van der Waals surface area contributed by atoms with E-state index in [9.17, 15) is 9.59 Å². The van der Waals surface area contributed by atoms with Crippen LogP contribution in [0.3, 0.4) is 0 Å². The van der Waals surface area contributed by atoms with Gasteiger partial charge in [0.05, 0.1) is 32.1 Å². The molecule has 49 heavy (non-hydrogen) atoms.